The largest absolute Gasteiger partial charge is 0.152 e. The molecule has 0 spiro atoms. The summed E-state index contributed by atoms with van der Waals surface area (Å²) in [6, 6.07) is 2.32. The standard InChI is InChI=1S/C20H36S/c1-3-5-7-9-10-12-14-19(13-11-8-6-4-2)17-20-15-16-21-18-20/h15-16,18-19H,3-14,17H2,1-2H3. The molecule has 0 aromatic carbocycles. The van der Waals surface area contributed by atoms with Crippen LogP contribution in [0.2, 0.25) is 0 Å². The Balaban J connectivity index is 2.19. The summed E-state index contributed by atoms with van der Waals surface area (Å²) in [5.41, 5.74) is 1.58. The molecule has 0 aliphatic heterocycles. The maximum atomic E-state index is 2.35. The van der Waals surface area contributed by atoms with Crippen LogP contribution in [-0.4, -0.2) is 0 Å². The van der Waals surface area contributed by atoms with Gasteiger partial charge < -0.3 is 0 Å². The first kappa shape index (κ1) is 18.7. The quantitative estimate of drug-likeness (QED) is 0.310. The van der Waals surface area contributed by atoms with Gasteiger partial charge in [-0.05, 0) is 34.7 Å². The SMILES string of the molecule is CCCCCCCCC(CCCCCC)Cc1ccsc1. The maximum Gasteiger partial charge on any atom is -0.00612 e. The monoisotopic (exact) mass is 308 g/mol. The van der Waals surface area contributed by atoms with E-state index < -0.39 is 0 Å². The average Bonchev–Trinajstić information content (AvgIpc) is 2.99. The number of unbranched alkanes of at least 4 members (excludes halogenated alkanes) is 8. The summed E-state index contributed by atoms with van der Waals surface area (Å²) in [6.07, 6.45) is 18.5. The highest BCUT2D eigenvalue weighted by Crippen LogP contribution is 2.23. The molecule has 0 aliphatic rings. The third-order valence-corrected chi connectivity index (χ3v) is 5.27. The van der Waals surface area contributed by atoms with Crippen molar-refractivity contribution in [3.8, 4) is 0 Å². The van der Waals surface area contributed by atoms with Gasteiger partial charge in [0.2, 0.25) is 0 Å². The van der Waals surface area contributed by atoms with Crippen LogP contribution in [0.3, 0.4) is 0 Å². The lowest BCUT2D eigenvalue weighted by molar-refractivity contribution is 0.402. The highest BCUT2D eigenvalue weighted by molar-refractivity contribution is 7.07. The summed E-state index contributed by atoms with van der Waals surface area (Å²) >= 11 is 1.85. The summed E-state index contributed by atoms with van der Waals surface area (Å²) in [7, 11) is 0. The van der Waals surface area contributed by atoms with Crippen LogP contribution in [0.15, 0.2) is 16.8 Å². The molecule has 1 atom stereocenters. The molecular formula is C20H36S. The van der Waals surface area contributed by atoms with E-state index in [2.05, 4.69) is 30.7 Å². The zero-order valence-electron chi connectivity index (χ0n) is 14.4. The first-order chi connectivity index (χ1) is 10.4. The summed E-state index contributed by atoms with van der Waals surface area (Å²) in [4.78, 5) is 0. The predicted molar refractivity (Wildman–Crippen MR) is 98.3 cm³/mol. The molecule has 0 nitrogen and oxygen atoms in total. The number of thiophene rings is 1. The molecule has 1 heteroatoms. The van der Waals surface area contributed by atoms with Gasteiger partial charge in [0, 0.05) is 0 Å². The predicted octanol–water partition coefficient (Wildman–Crippen LogP) is 7.63. The van der Waals surface area contributed by atoms with Crippen molar-refractivity contribution in [1.82, 2.24) is 0 Å². The van der Waals surface area contributed by atoms with E-state index in [-0.39, 0.29) is 0 Å². The van der Waals surface area contributed by atoms with Gasteiger partial charge in [0.25, 0.3) is 0 Å². The van der Waals surface area contributed by atoms with E-state index in [4.69, 9.17) is 0 Å². The minimum atomic E-state index is 0.933. The van der Waals surface area contributed by atoms with Crippen LogP contribution < -0.4 is 0 Å². The Bertz CT molecular complexity index is 302. The van der Waals surface area contributed by atoms with Crippen LogP contribution in [0.5, 0.6) is 0 Å². The second-order valence-corrected chi connectivity index (χ2v) is 7.39. The van der Waals surface area contributed by atoms with Crippen LogP contribution >= 0.6 is 11.3 Å². The van der Waals surface area contributed by atoms with Gasteiger partial charge in [0.05, 0.1) is 0 Å². The van der Waals surface area contributed by atoms with E-state index in [0.29, 0.717) is 0 Å². The van der Waals surface area contributed by atoms with Gasteiger partial charge in [0.1, 0.15) is 0 Å². The molecule has 0 aliphatic carbocycles. The smallest absolute Gasteiger partial charge is 0.00612 e. The fourth-order valence-electron chi connectivity index (χ4n) is 3.16. The zero-order chi connectivity index (χ0) is 15.2. The molecule has 0 radical (unpaired) electrons. The molecule has 1 aromatic rings. The Morgan fingerprint density at radius 3 is 1.95 bits per heavy atom. The highest BCUT2D eigenvalue weighted by atomic mass is 32.1. The van der Waals surface area contributed by atoms with E-state index in [1.54, 1.807) is 5.56 Å². The molecule has 1 aromatic heterocycles. The minimum absolute atomic E-state index is 0.933. The van der Waals surface area contributed by atoms with E-state index in [0.717, 1.165) is 5.92 Å². The van der Waals surface area contributed by atoms with E-state index in [1.807, 2.05) is 11.3 Å². The van der Waals surface area contributed by atoms with Gasteiger partial charge in [-0.3, -0.25) is 0 Å². The minimum Gasteiger partial charge on any atom is -0.152 e. The van der Waals surface area contributed by atoms with Crippen molar-refractivity contribution in [3.05, 3.63) is 22.4 Å². The molecule has 1 heterocycles. The molecule has 0 amide bonds. The van der Waals surface area contributed by atoms with Crippen molar-refractivity contribution in [2.45, 2.75) is 97.3 Å². The normalized spacial score (nSPS) is 12.7. The molecule has 0 saturated carbocycles. The fraction of sp³-hybridized carbons (Fsp3) is 0.800. The molecule has 0 bridgehead atoms. The lowest BCUT2D eigenvalue weighted by Gasteiger charge is -2.16. The van der Waals surface area contributed by atoms with Gasteiger partial charge in [-0.2, -0.15) is 11.3 Å². The Hall–Kier alpha value is -0.300. The first-order valence-corrected chi connectivity index (χ1v) is 10.3. The van der Waals surface area contributed by atoms with Crippen LogP contribution in [0.4, 0.5) is 0 Å². The Kier molecular flexibility index (Phi) is 11.9. The van der Waals surface area contributed by atoms with Gasteiger partial charge in [0.15, 0.2) is 0 Å². The molecule has 122 valence electrons. The van der Waals surface area contributed by atoms with Crippen molar-refractivity contribution >= 4 is 11.3 Å². The third-order valence-electron chi connectivity index (χ3n) is 4.54. The lowest BCUT2D eigenvalue weighted by Crippen LogP contribution is -2.04. The fourth-order valence-corrected chi connectivity index (χ4v) is 3.85. The number of hydrogen-bond donors (Lipinski definition) is 0. The van der Waals surface area contributed by atoms with Crippen LogP contribution in [0, 0.1) is 5.92 Å². The average molecular weight is 309 g/mol. The van der Waals surface area contributed by atoms with E-state index >= 15 is 0 Å². The molecular weight excluding hydrogens is 272 g/mol. The van der Waals surface area contributed by atoms with Crippen LogP contribution in [0.1, 0.15) is 96.5 Å². The van der Waals surface area contributed by atoms with Gasteiger partial charge in [-0.15, -0.1) is 0 Å². The van der Waals surface area contributed by atoms with Crippen molar-refractivity contribution in [2.24, 2.45) is 5.92 Å². The van der Waals surface area contributed by atoms with Crippen molar-refractivity contribution in [3.63, 3.8) is 0 Å². The number of rotatable bonds is 14. The summed E-state index contributed by atoms with van der Waals surface area (Å²) < 4.78 is 0. The lowest BCUT2D eigenvalue weighted by atomic mass is 9.89. The molecule has 1 unspecified atom stereocenters. The molecule has 21 heavy (non-hydrogen) atoms. The van der Waals surface area contributed by atoms with Gasteiger partial charge in [-0.1, -0.05) is 90.9 Å². The van der Waals surface area contributed by atoms with Gasteiger partial charge in [-0.25, -0.2) is 0 Å². The van der Waals surface area contributed by atoms with E-state index in [9.17, 15) is 0 Å². The summed E-state index contributed by atoms with van der Waals surface area (Å²) in [5.74, 6) is 0.933. The van der Waals surface area contributed by atoms with Crippen molar-refractivity contribution < 1.29 is 0 Å². The second kappa shape index (κ2) is 13.4. The van der Waals surface area contributed by atoms with Crippen LogP contribution in [0.25, 0.3) is 0 Å². The molecule has 0 saturated heterocycles. The number of hydrogen-bond acceptors (Lipinski definition) is 1. The molecule has 1 rings (SSSR count). The zero-order valence-corrected chi connectivity index (χ0v) is 15.2. The van der Waals surface area contributed by atoms with Crippen molar-refractivity contribution in [2.75, 3.05) is 0 Å². The maximum absolute atomic E-state index is 2.35. The summed E-state index contributed by atoms with van der Waals surface area (Å²) in [5, 5.41) is 4.58. The van der Waals surface area contributed by atoms with Crippen molar-refractivity contribution in [1.29, 1.82) is 0 Å². The highest BCUT2D eigenvalue weighted by Gasteiger charge is 2.10. The van der Waals surface area contributed by atoms with E-state index in [1.165, 1.54) is 83.5 Å². The topological polar surface area (TPSA) is 0 Å². The molecule has 0 fully saturated rings. The molecule has 0 N–H and O–H groups in total. The van der Waals surface area contributed by atoms with Crippen LogP contribution in [-0.2, 0) is 6.42 Å². The Morgan fingerprint density at radius 2 is 1.38 bits per heavy atom. The second-order valence-electron chi connectivity index (χ2n) is 6.61. The first-order valence-electron chi connectivity index (χ1n) is 9.37. The van der Waals surface area contributed by atoms with Gasteiger partial charge >= 0.3 is 0 Å². The Morgan fingerprint density at radius 1 is 0.810 bits per heavy atom. The third kappa shape index (κ3) is 10.1. The summed E-state index contributed by atoms with van der Waals surface area (Å²) in [6.45, 7) is 4.60. The Labute approximate surface area is 137 Å².